The monoisotopic (exact) mass is 394 g/mol. The normalized spacial score (nSPS) is 12.2. The maximum absolute atomic E-state index is 6.12. The number of hydrogen-bond donors (Lipinski definition) is 0. The molecule has 0 unspecified atom stereocenters. The van der Waals surface area contributed by atoms with Crippen LogP contribution in [0, 0.1) is 6.92 Å². The summed E-state index contributed by atoms with van der Waals surface area (Å²) in [5.74, 6) is 1.69. The van der Waals surface area contributed by atoms with Gasteiger partial charge in [0.1, 0.15) is 5.75 Å². The van der Waals surface area contributed by atoms with Gasteiger partial charge in [0, 0.05) is 10.8 Å². The number of rotatable bonds is 6. The van der Waals surface area contributed by atoms with E-state index in [4.69, 9.17) is 32.4 Å². The topological polar surface area (TPSA) is 48.2 Å². The number of benzene rings is 2. The summed E-state index contributed by atoms with van der Waals surface area (Å²) in [5, 5.41) is 9.62. The summed E-state index contributed by atoms with van der Waals surface area (Å²) in [7, 11) is 0. The largest absolute Gasteiger partial charge is 0.479 e. The summed E-state index contributed by atoms with van der Waals surface area (Å²) in [6.07, 6.45) is -0.417. The molecular formula is C18H16Cl2N2O2S. The fourth-order valence-corrected chi connectivity index (χ4v) is 3.37. The highest BCUT2D eigenvalue weighted by Crippen LogP contribution is 2.32. The summed E-state index contributed by atoms with van der Waals surface area (Å²) in [6, 6.07) is 13.4. The molecule has 130 valence electrons. The highest BCUT2D eigenvalue weighted by atomic mass is 35.5. The zero-order chi connectivity index (χ0) is 17.8. The van der Waals surface area contributed by atoms with E-state index >= 15 is 0 Å². The van der Waals surface area contributed by atoms with E-state index in [-0.39, 0.29) is 0 Å². The number of aryl methyl sites for hydroxylation is 1. The van der Waals surface area contributed by atoms with E-state index in [9.17, 15) is 0 Å². The van der Waals surface area contributed by atoms with E-state index < -0.39 is 6.10 Å². The van der Waals surface area contributed by atoms with E-state index in [2.05, 4.69) is 35.3 Å². The van der Waals surface area contributed by atoms with Gasteiger partial charge in [0.2, 0.25) is 0 Å². The predicted molar refractivity (Wildman–Crippen MR) is 101 cm³/mol. The Kier molecular flexibility index (Phi) is 5.89. The number of hydrogen-bond acceptors (Lipinski definition) is 5. The molecule has 1 atom stereocenters. The zero-order valence-corrected chi connectivity index (χ0v) is 16.0. The molecule has 0 saturated heterocycles. The lowest BCUT2D eigenvalue weighted by Gasteiger charge is -2.12. The van der Waals surface area contributed by atoms with Crippen molar-refractivity contribution in [3.8, 4) is 5.75 Å². The van der Waals surface area contributed by atoms with Crippen molar-refractivity contribution in [3.05, 3.63) is 69.5 Å². The van der Waals surface area contributed by atoms with Gasteiger partial charge >= 0.3 is 0 Å². The lowest BCUT2D eigenvalue weighted by Crippen LogP contribution is -2.03. The van der Waals surface area contributed by atoms with Crippen molar-refractivity contribution in [1.29, 1.82) is 0 Å². The van der Waals surface area contributed by atoms with E-state index in [1.54, 1.807) is 18.2 Å². The Labute approximate surface area is 160 Å². The second kappa shape index (κ2) is 8.13. The molecule has 0 aliphatic carbocycles. The number of aromatic nitrogens is 2. The van der Waals surface area contributed by atoms with Gasteiger partial charge < -0.3 is 9.15 Å². The van der Waals surface area contributed by atoms with Crippen molar-refractivity contribution in [2.45, 2.75) is 30.9 Å². The lowest BCUT2D eigenvalue weighted by atomic mass is 10.2. The first-order chi connectivity index (χ1) is 12.0. The molecule has 4 nitrogen and oxygen atoms in total. The van der Waals surface area contributed by atoms with Gasteiger partial charge in [-0.15, -0.1) is 10.2 Å². The third-order valence-electron chi connectivity index (χ3n) is 3.41. The first kappa shape index (κ1) is 18.1. The molecule has 25 heavy (non-hydrogen) atoms. The maximum atomic E-state index is 6.12. The molecule has 3 rings (SSSR count). The van der Waals surface area contributed by atoms with Gasteiger partial charge in [0.05, 0.1) is 5.02 Å². The van der Waals surface area contributed by atoms with Crippen LogP contribution in [0.5, 0.6) is 5.75 Å². The standard InChI is InChI=1S/C18H16Cl2N2O2S/c1-11-4-3-5-13(8-11)10-25-18-22-21-17(24-18)12(2)23-16-7-6-14(19)9-15(16)20/h3-9,12H,10H2,1-2H3/t12-/m0/s1. The van der Waals surface area contributed by atoms with Crippen LogP contribution >= 0.6 is 35.0 Å². The average Bonchev–Trinajstić information content (AvgIpc) is 3.05. The molecule has 0 bridgehead atoms. The lowest BCUT2D eigenvalue weighted by molar-refractivity contribution is 0.182. The number of thioether (sulfide) groups is 1. The maximum Gasteiger partial charge on any atom is 0.277 e. The Balaban J connectivity index is 1.62. The van der Waals surface area contributed by atoms with Gasteiger partial charge in [-0.1, -0.05) is 64.8 Å². The summed E-state index contributed by atoms with van der Waals surface area (Å²) >= 11 is 13.5. The van der Waals surface area contributed by atoms with Crippen LogP contribution in [0.3, 0.4) is 0 Å². The Bertz CT molecular complexity index is 870. The van der Waals surface area contributed by atoms with Gasteiger partial charge in [-0.2, -0.15) is 0 Å². The minimum absolute atomic E-state index is 0.401. The third kappa shape index (κ3) is 4.91. The molecular weight excluding hydrogens is 379 g/mol. The molecule has 0 amide bonds. The van der Waals surface area contributed by atoms with Crippen molar-refractivity contribution in [1.82, 2.24) is 10.2 Å². The van der Waals surface area contributed by atoms with Crippen LogP contribution in [0.1, 0.15) is 30.0 Å². The third-order valence-corrected chi connectivity index (χ3v) is 4.83. The van der Waals surface area contributed by atoms with Gasteiger partial charge in [0.15, 0.2) is 6.10 Å². The Morgan fingerprint density at radius 2 is 2.00 bits per heavy atom. The predicted octanol–water partition coefficient (Wildman–Crippen LogP) is 6.12. The van der Waals surface area contributed by atoms with Crippen molar-refractivity contribution in [3.63, 3.8) is 0 Å². The molecule has 0 N–H and O–H groups in total. The molecule has 0 radical (unpaired) electrons. The van der Waals surface area contributed by atoms with Crippen LogP contribution in [-0.4, -0.2) is 10.2 Å². The molecule has 0 fully saturated rings. The smallest absolute Gasteiger partial charge is 0.277 e. The fraction of sp³-hybridized carbons (Fsp3) is 0.222. The van der Waals surface area contributed by atoms with Crippen LogP contribution in [-0.2, 0) is 5.75 Å². The highest BCUT2D eigenvalue weighted by molar-refractivity contribution is 7.98. The van der Waals surface area contributed by atoms with Crippen molar-refractivity contribution in [2.75, 3.05) is 0 Å². The number of nitrogens with zero attached hydrogens (tertiary/aromatic N) is 2. The summed E-state index contributed by atoms with van der Waals surface area (Å²) < 4.78 is 11.5. The zero-order valence-electron chi connectivity index (χ0n) is 13.7. The SMILES string of the molecule is Cc1cccc(CSc2nnc([C@H](C)Oc3ccc(Cl)cc3Cl)o2)c1. The van der Waals surface area contributed by atoms with E-state index in [1.165, 1.54) is 22.9 Å². The molecule has 0 aliphatic heterocycles. The number of halogens is 2. The second-order valence-corrected chi connectivity index (χ2v) is 7.29. The second-order valence-electron chi connectivity index (χ2n) is 5.52. The average molecular weight is 395 g/mol. The van der Waals surface area contributed by atoms with Crippen molar-refractivity contribution >= 4 is 35.0 Å². The van der Waals surface area contributed by atoms with E-state index in [0.29, 0.717) is 26.9 Å². The van der Waals surface area contributed by atoms with Crippen LogP contribution in [0.2, 0.25) is 10.0 Å². The van der Waals surface area contributed by atoms with Crippen LogP contribution in [0.4, 0.5) is 0 Å². The molecule has 0 spiro atoms. The Morgan fingerprint density at radius 1 is 1.16 bits per heavy atom. The molecule has 2 aromatic carbocycles. The van der Waals surface area contributed by atoms with Gasteiger partial charge in [-0.25, -0.2) is 0 Å². The van der Waals surface area contributed by atoms with Crippen LogP contribution in [0.15, 0.2) is 52.1 Å². The first-order valence-electron chi connectivity index (χ1n) is 7.65. The molecule has 3 aromatic rings. The van der Waals surface area contributed by atoms with Crippen LogP contribution in [0.25, 0.3) is 0 Å². The molecule has 0 saturated carbocycles. The van der Waals surface area contributed by atoms with Gasteiger partial charge in [-0.05, 0) is 37.6 Å². The highest BCUT2D eigenvalue weighted by Gasteiger charge is 2.17. The van der Waals surface area contributed by atoms with Gasteiger partial charge in [0.25, 0.3) is 11.1 Å². The summed E-state index contributed by atoms with van der Waals surface area (Å²) in [6.45, 7) is 3.90. The van der Waals surface area contributed by atoms with E-state index in [0.717, 1.165) is 5.75 Å². The fourth-order valence-electron chi connectivity index (χ4n) is 2.20. The summed E-state index contributed by atoms with van der Waals surface area (Å²) in [4.78, 5) is 0. The molecule has 1 heterocycles. The molecule has 1 aromatic heterocycles. The Morgan fingerprint density at radius 3 is 2.76 bits per heavy atom. The van der Waals surface area contributed by atoms with Crippen molar-refractivity contribution in [2.24, 2.45) is 0 Å². The number of ether oxygens (including phenoxy) is 1. The Hall–Kier alpha value is -1.69. The van der Waals surface area contributed by atoms with Crippen molar-refractivity contribution < 1.29 is 9.15 Å². The van der Waals surface area contributed by atoms with Gasteiger partial charge in [-0.3, -0.25) is 0 Å². The first-order valence-corrected chi connectivity index (χ1v) is 9.39. The minimum Gasteiger partial charge on any atom is -0.479 e. The molecule has 0 aliphatic rings. The van der Waals surface area contributed by atoms with Crippen LogP contribution < -0.4 is 4.74 Å². The van der Waals surface area contributed by atoms with E-state index in [1.807, 2.05) is 13.0 Å². The summed E-state index contributed by atoms with van der Waals surface area (Å²) in [5.41, 5.74) is 2.44. The minimum atomic E-state index is -0.417. The molecule has 7 heteroatoms. The quantitative estimate of drug-likeness (QED) is 0.471.